The molecular formula is C20H18ClN3O3. The van der Waals surface area contributed by atoms with Gasteiger partial charge in [-0.1, -0.05) is 29.8 Å². The zero-order valence-corrected chi connectivity index (χ0v) is 15.3. The van der Waals surface area contributed by atoms with Crippen LogP contribution < -0.4 is 0 Å². The van der Waals surface area contributed by atoms with Crippen molar-refractivity contribution in [2.45, 2.75) is 18.8 Å². The van der Waals surface area contributed by atoms with Gasteiger partial charge in [0.1, 0.15) is 6.26 Å². The first-order valence-corrected chi connectivity index (χ1v) is 9.16. The molecule has 7 heteroatoms. The third-order valence-corrected chi connectivity index (χ3v) is 5.02. The number of nitrogens with zero attached hydrogens (tertiary/aromatic N) is 3. The van der Waals surface area contributed by atoms with Crippen molar-refractivity contribution in [2.75, 3.05) is 13.1 Å². The molecule has 27 heavy (non-hydrogen) atoms. The Bertz CT molecular complexity index is 941. The van der Waals surface area contributed by atoms with Crippen LogP contribution in [0.25, 0.3) is 17.5 Å². The van der Waals surface area contributed by atoms with Crippen molar-refractivity contribution in [3.05, 3.63) is 65.4 Å². The van der Waals surface area contributed by atoms with Gasteiger partial charge in [0, 0.05) is 30.1 Å². The number of carbonyl (C=O) groups is 1. The fourth-order valence-electron chi connectivity index (χ4n) is 3.13. The van der Waals surface area contributed by atoms with E-state index in [4.69, 9.17) is 20.4 Å². The normalized spacial score (nSPS) is 15.5. The van der Waals surface area contributed by atoms with Crippen LogP contribution in [0.15, 0.2) is 57.8 Å². The molecule has 0 unspecified atom stereocenters. The van der Waals surface area contributed by atoms with E-state index in [0.717, 1.165) is 24.0 Å². The van der Waals surface area contributed by atoms with Crippen molar-refractivity contribution in [3.8, 4) is 11.5 Å². The topological polar surface area (TPSA) is 72.4 Å². The molecule has 1 saturated heterocycles. The fraction of sp³-hybridized carbons (Fsp3) is 0.250. The molecule has 4 rings (SSSR count). The molecule has 3 aromatic rings. The SMILES string of the molecule is O=C(/C=C/c1ccccc1Cl)N1CCC(c2nnc(-c3ccoc3)o2)CC1. The predicted molar refractivity (Wildman–Crippen MR) is 101 cm³/mol. The molecule has 0 N–H and O–H groups in total. The molecule has 2 aromatic heterocycles. The maximum Gasteiger partial charge on any atom is 0.250 e. The molecular weight excluding hydrogens is 366 g/mol. The number of hydrogen-bond donors (Lipinski definition) is 0. The summed E-state index contributed by atoms with van der Waals surface area (Å²) in [7, 11) is 0. The minimum absolute atomic E-state index is 0.0158. The minimum Gasteiger partial charge on any atom is -0.472 e. The molecule has 0 aliphatic carbocycles. The van der Waals surface area contributed by atoms with Crippen LogP contribution in [0, 0.1) is 0 Å². The van der Waals surface area contributed by atoms with Crippen LogP contribution in [0.3, 0.4) is 0 Å². The molecule has 1 aliphatic rings. The Hall–Kier alpha value is -2.86. The first-order valence-electron chi connectivity index (χ1n) is 8.78. The number of benzene rings is 1. The summed E-state index contributed by atoms with van der Waals surface area (Å²) in [5, 5.41) is 8.87. The highest BCUT2D eigenvalue weighted by Crippen LogP contribution is 2.29. The van der Waals surface area contributed by atoms with E-state index in [1.165, 1.54) is 0 Å². The quantitative estimate of drug-likeness (QED) is 0.624. The van der Waals surface area contributed by atoms with E-state index in [1.54, 1.807) is 36.8 Å². The van der Waals surface area contributed by atoms with Gasteiger partial charge < -0.3 is 13.7 Å². The molecule has 1 amide bonds. The Morgan fingerprint density at radius 3 is 2.74 bits per heavy atom. The number of likely N-dealkylation sites (tertiary alicyclic amines) is 1. The Morgan fingerprint density at radius 1 is 1.19 bits per heavy atom. The first-order chi connectivity index (χ1) is 13.2. The van der Waals surface area contributed by atoms with E-state index in [2.05, 4.69) is 10.2 Å². The number of hydrogen-bond acceptors (Lipinski definition) is 5. The number of rotatable bonds is 4. The molecule has 1 aromatic carbocycles. The molecule has 0 saturated carbocycles. The second-order valence-corrected chi connectivity index (χ2v) is 6.82. The van der Waals surface area contributed by atoms with Gasteiger partial charge in [-0.05, 0) is 36.6 Å². The van der Waals surface area contributed by atoms with E-state index in [0.29, 0.717) is 29.9 Å². The Labute approximate surface area is 161 Å². The molecule has 0 bridgehead atoms. The van der Waals surface area contributed by atoms with Crippen molar-refractivity contribution in [3.63, 3.8) is 0 Å². The van der Waals surface area contributed by atoms with Crippen molar-refractivity contribution < 1.29 is 13.6 Å². The van der Waals surface area contributed by atoms with Gasteiger partial charge in [0.15, 0.2) is 0 Å². The maximum absolute atomic E-state index is 12.4. The second-order valence-electron chi connectivity index (χ2n) is 6.41. The standard InChI is InChI=1S/C20H18ClN3O3/c21-17-4-2-1-3-14(17)5-6-18(25)24-10-7-15(8-11-24)19-22-23-20(27-19)16-9-12-26-13-16/h1-6,9,12-13,15H,7-8,10-11H2/b6-5+. The summed E-state index contributed by atoms with van der Waals surface area (Å²) in [6.07, 6.45) is 8.05. The summed E-state index contributed by atoms with van der Waals surface area (Å²) >= 11 is 6.11. The summed E-state index contributed by atoms with van der Waals surface area (Å²) in [5.74, 6) is 1.22. The lowest BCUT2D eigenvalue weighted by Crippen LogP contribution is -2.36. The number of furan rings is 1. The van der Waals surface area contributed by atoms with Crippen LogP contribution in [0.5, 0.6) is 0 Å². The summed E-state index contributed by atoms with van der Waals surface area (Å²) in [6.45, 7) is 1.31. The van der Waals surface area contributed by atoms with Gasteiger partial charge in [0.2, 0.25) is 11.8 Å². The second kappa shape index (κ2) is 7.80. The predicted octanol–water partition coefficient (Wildman–Crippen LogP) is 4.40. The lowest BCUT2D eigenvalue weighted by atomic mass is 9.97. The number of piperidine rings is 1. The molecule has 0 radical (unpaired) electrons. The van der Waals surface area contributed by atoms with E-state index >= 15 is 0 Å². The summed E-state index contributed by atoms with van der Waals surface area (Å²) in [5.41, 5.74) is 1.60. The van der Waals surface area contributed by atoms with Gasteiger partial charge in [0.05, 0.1) is 11.8 Å². The van der Waals surface area contributed by atoms with Crippen LogP contribution in [0.1, 0.15) is 30.2 Å². The zero-order valence-electron chi connectivity index (χ0n) is 14.5. The van der Waals surface area contributed by atoms with Crippen molar-refractivity contribution in [1.29, 1.82) is 0 Å². The maximum atomic E-state index is 12.4. The lowest BCUT2D eigenvalue weighted by Gasteiger charge is -2.29. The average Bonchev–Trinajstić information content (AvgIpc) is 3.39. The lowest BCUT2D eigenvalue weighted by molar-refractivity contribution is -0.127. The highest BCUT2D eigenvalue weighted by Gasteiger charge is 2.26. The van der Waals surface area contributed by atoms with E-state index in [1.807, 2.05) is 23.1 Å². The molecule has 1 aliphatic heterocycles. The van der Waals surface area contributed by atoms with Crippen LogP contribution in [-0.2, 0) is 4.79 Å². The monoisotopic (exact) mass is 383 g/mol. The van der Waals surface area contributed by atoms with Gasteiger partial charge >= 0.3 is 0 Å². The summed E-state index contributed by atoms with van der Waals surface area (Å²) < 4.78 is 10.8. The highest BCUT2D eigenvalue weighted by atomic mass is 35.5. The third kappa shape index (κ3) is 3.95. The van der Waals surface area contributed by atoms with E-state index < -0.39 is 0 Å². The number of aromatic nitrogens is 2. The molecule has 0 spiro atoms. The van der Waals surface area contributed by atoms with Gasteiger partial charge in [-0.3, -0.25) is 4.79 Å². The molecule has 138 valence electrons. The van der Waals surface area contributed by atoms with Gasteiger partial charge in [-0.2, -0.15) is 0 Å². The minimum atomic E-state index is -0.0158. The van der Waals surface area contributed by atoms with Crippen molar-refractivity contribution in [1.82, 2.24) is 15.1 Å². The smallest absolute Gasteiger partial charge is 0.250 e. The molecule has 0 atom stereocenters. The summed E-state index contributed by atoms with van der Waals surface area (Å²) in [6, 6.07) is 9.22. The van der Waals surface area contributed by atoms with Crippen LogP contribution in [0.2, 0.25) is 5.02 Å². The number of amides is 1. The van der Waals surface area contributed by atoms with Crippen molar-refractivity contribution in [2.24, 2.45) is 0 Å². The van der Waals surface area contributed by atoms with Gasteiger partial charge in [-0.25, -0.2) is 0 Å². The average molecular weight is 384 g/mol. The Kier molecular flexibility index (Phi) is 5.07. The van der Waals surface area contributed by atoms with Crippen LogP contribution in [-0.4, -0.2) is 34.1 Å². The molecule has 3 heterocycles. The van der Waals surface area contributed by atoms with E-state index in [-0.39, 0.29) is 11.8 Å². The van der Waals surface area contributed by atoms with Crippen molar-refractivity contribution >= 4 is 23.6 Å². The Morgan fingerprint density at radius 2 is 2.00 bits per heavy atom. The van der Waals surface area contributed by atoms with E-state index in [9.17, 15) is 4.79 Å². The van der Waals surface area contributed by atoms with Gasteiger partial charge in [0.25, 0.3) is 5.89 Å². The molecule has 1 fully saturated rings. The third-order valence-electron chi connectivity index (χ3n) is 4.68. The van der Waals surface area contributed by atoms with Crippen LogP contribution >= 0.6 is 11.6 Å². The van der Waals surface area contributed by atoms with Crippen LogP contribution in [0.4, 0.5) is 0 Å². The first kappa shape index (κ1) is 17.5. The Balaban J connectivity index is 1.35. The highest BCUT2D eigenvalue weighted by molar-refractivity contribution is 6.32. The number of halogens is 1. The molecule has 6 nitrogen and oxygen atoms in total. The van der Waals surface area contributed by atoms with Gasteiger partial charge in [-0.15, -0.1) is 10.2 Å². The fourth-order valence-corrected chi connectivity index (χ4v) is 3.32. The number of carbonyl (C=O) groups excluding carboxylic acids is 1. The zero-order chi connectivity index (χ0) is 18.6. The summed E-state index contributed by atoms with van der Waals surface area (Å²) in [4.78, 5) is 14.3. The largest absolute Gasteiger partial charge is 0.472 e.